The van der Waals surface area contributed by atoms with E-state index in [1.807, 2.05) is 4.90 Å². The highest BCUT2D eigenvalue weighted by Gasteiger charge is 2.28. The Labute approximate surface area is 127 Å². The summed E-state index contributed by atoms with van der Waals surface area (Å²) in [6.07, 6.45) is 8.59. The fourth-order valence-electron chi connectivity index (χ4n) is 3.89. The summed E-state index contributed by atoms with van der Waals surface area (Å²) in [6.45, 7) is 3.00. The van der Waals surface area contributed by atoms with Crippen LogP contribution >= 0.6 is 0 Å². The number of likely N-dealkylation sites (tertiary alicyclic amines) is 1. The van der Waals surface area contributed by atoms with Crippen molar-refractivity contribution in [2.24, 2.45) is 11.8 Å². The van der Waals surface area contributed by atoms with Crippen LogP contribution in [0.25, 0.3) is 0 Å². The van der Waals surface area contributed by atoms with Crippen LogP contribution in [-0.2, 0) is 4.79 Å². The fourth-order valence-corrected chi connectivity index (χ4v) is 3.89. The molecule has 5 nitrogen and oxygen atoms in total. The summed E-state index contributed by atoms with van der Waals surface area (Å²) in [4.78, 5) is 13.0. The molecule has 2 fully saturated rings. The molecule has 1 aliphatic heterocycles. The standard InChI is InChI=1S/C16H30N2O3/c19-7-6-14-8-15(11-18(10-14)12-16(20)21)17-9-13-4-2-1-3-5-13/h13-15,17,19H,1-12H2,(H,20,21). The van der Waals surface area contributed by atoms with Crippen LogP contribution in [0.1, 0.15) is 44.9 Å². The molecule has 0 radical (unpaired) electrons. The molecule has 122 valence electrons. The van der Waals surface area contributed by atoms with Crippen molar-refractivity contribution in [3.8, 4) is 0 Å². The monoisotopic (exact) mass is 298 g/mol. The molecule has 0 amide bonds. The molecule has 0 bridgehead atoms. The Morgan fingerprint density at radius 1 is 1.14 bits per heavy atom. The van der Waals surface area contributed by atoms with E-state index in [1.54, 1.807) is 0 Å². The predicted octanol–water partition coefficient (Wildman–Crippen LogP) is 1.31. The van der Waals surface area contributed by atoms with Gasteiger partial charge in [-0.15, -0.1) is 0 Å². The Kier molecular flexibility index (Phi) is 6.93. The minimum Gasteiger partial charge on any atom is -0.480 e. The average Bonchev–Trinajstić information content (AvgIpc) is 2.46. The Morgan fingerprint density at radius 3 is 2.57 bits per heavy atom. The maximum atomic E-state index is 10.9. The number of rotatable bonds is 7. The average molecular weight is 298 g/mol. The first-order chi connectivity index (χ1) is 10.2. The van der Waals surface area contributed by atoms with Crippen LogP contribution < -0.4 is 5.32 Å². The van der Waals surface area contributed by atoms with E-state index in [4.69, 9.17) is 10.2 Å². The van der Waals surface area contributed by atoms with Gasteiger partial charge in [-0.2, -0.15) is 0 Å². The lowest BCUT2D eigenvalue weighted by atomic mass is 9.88. The number of carboxylic acid groups (broad SMARTS) is 1. The van der Waals surface area contributed by atoms with Gasteiger partial charge in [-0.3, -0.25) is 9.69 Å². The first-order valence-electron chi connectivity index (χ1n) is 8.45. The zero-order valence-electron chi connectivity index (χ0n) is 13.0. The van der Waals surface area contributed by atoms with E-state index in [0.717, 1.165) is 38.4 Å². The molecule has 2 unspecified atom stereocenters. The number of carboxylic acids is 1. The Balaban J connectivity index is 1.79. The van der Waals surface area contributed by atoms with E-state index in [1.165, 1.54) is 32.1 Å². The number of carbonyl (C=O) groups is 1. The van der Waals surface area contributed by atoms with Crippen molar-refractivity contribution in [2.75, 3.05) is 32.8 Å². The van der Waals surface area contributed by atoms with Gasteiger partial charge < -0.3 is 15.5 Å². The Bertz CT molecular complexity index is 319. The normalized spacial score (nSPS) is 28.6. The van der Waals surface area contributed by atoms with Gasteiger partial charge in [0.15, 0.2) is 0 Å². The zero-order valence-corrected chi connectivity index (χ0v) is 13.0. The largest absolute Gasteiger partial charge is 0.480 e. The highest BCUT2D eigenvalue weighted by molar-refractivity contribution is 5.69. The highest BCUT2D eigenvalue weighted by Crippen LogP contribution is 2.24. The third kappa shape index (κ3) is 5.93. The highest BCUT2D eigenvalue weighted by atomic mass is 16.4. The molecule has 3 N–H and O–H groups in total. The van der Waals surface area contributed by atoms with E-state index < -0.39 is 5.97 Å². The van der Waals surface area contributed by atoms with Gasteiger partial charge in [0.1, 0.15) is 0 Å². The van der Waals surface area contributed by atoms with E-state index in [2.05, 4.69) is 5.32 Å². The zero-order chi connectivity index (χ0) is 15.1. The van der Waals surface area contributed by atoms with Gasteiger partial charge in [0, 0.05) is 25.7 Å². The van der Waals surface area contributed by atoms with Gasteiger partial charge in [-0.25, -0.2) is 0 Å². The van der Waals surface area contributed by atoms with Crippen LogP contribution in [0.4, 0.5) is 0 Å². The molecular formula is C16H30N2O3. The quantitative estimate of drug-likeness (QED) is 0.661. The van der Waals surface area contributed by atoms with E-state index >= 15 is 0 Å². The molecule has 1 saturated heterocycles. The number of nitrogens with zero attached hydrogens (tertiary/aromatic N) is 1. The molecule has 0 aromatic carbocycles. The summed E-state index contributed by atoms with van der Waals surface area (Å²) in [5.41, 5.74) is 0. The van der Waals surface area contributed by atoms with Gasteiger partial charge >= 0.3 is 5.97 Å². The molecule has 0 aromatic heterocycles. The van der Waals surface area contributed by atoms with E-state index in [9.17, 15) is 4.79 Å². The van der Waals surface area contributed by atoms with Crippen LogP contribution in [0, 0.1) is 11.8 Å². The van der Waals surface area contributed by atoms with Crippen molar-refractivity contribution in [3.63, 3.8) is 0 Å². The second kappa shape index (κ2) is 8.71. The van der Waals surface area contributed by atoms with Crippen LogP contribution in [0.3, 0.4) is 0 Å². The van der Waals surface area contributed by atoms with Gasteiger partial charge in [-0.1, -0.05) is 19.3 Å². The molecule has 1 heterocycles. The predicted molar refractivity (Wildman–Crippen MR) is 82.3 cm³/mol. The van der Waals surface area contributed by atoms with Crippen molar-refractivity contribution in [1.82, 2.24) is 10.2 Å². The summed E-state index contributed by atoms with van der Waals surface area (Å²) in [7, 11) is 0. The lowest BCUT2D eigenvalue weighted by Crippen LogP contribution is -2.51. The van der Waals surface area contributed by atoms with Crippen molar-refractivity contribution >= 4 is 5.97 Å². The number of aliphatic hydroxyl groups excluding tert-OH is 1. The SMILES string of the molecule is O=C(O)CN1CC(CCO)CC(NCC2CCCCC2)C1. The van der Waals surface area contributed by atoms with Crippen molar-refractivity contribution in [3.05, 3.63) is 0 Å². The summed E-state index contributed by atoms with van der Waals surface area (Å²) in [5, 5.41) is 21.8. The van der Waals surface area contributed by atoms with Gasteiger partial charge in [-0.05, 0) is 44.1 Å². The molecule has 0 spiro atoms. The number of hydrogen-bond acceptors (Lipinski definition) is 4. The first-order valence-corrected chi connectivity index (χ1v) is 8.45. The van der Waals surface area contributed by atoms with Crippen LogP contribution in [0.15, 0.2) is 0 Å². The fraction of sp³-hybridized carbons (Fsp3) is 0.938. The Morgan fingerprint density at radius 2 is 1.90 bits per heavy atom. The number of aliphatic carboxylic acids is 1. The number of piperidine rings is 1. The molecule has 21 heavy (non-hydrogen) atoms. The third-order valence-electron chi connectivity index (χ3n) is 4.93. The van der Waals surface area contributed by atoms with E-state index in [0.29, 0.717) is 12.0 Å². The molecule has 0 aromatic rings. The van der Waals surface area contributed by atoms with Crippen LogP contribution in [0.5, 0.6) is 0 Å². The molecule has 2 rings (SSSR count). The maximum absolute atomic E-state index is 10.9. The number of aliphatic hydroxyl groups is 1. The smallest absolute Gasteiger partial charge is 0.317 e. The van der Waals surface area contributed by atoms with Crippen LogP contribution in [0.2, 0.25) is 0 Å². The number of hydrogen-bond donors (Lipinski definition) is 3. The van der Waals surface area contributed by atoms with E-state index in [-0.39, 0.29) is 13.2 Å². The molecule has 2 aliphatic rings. The lowest BCUT2D eigenvalue weighted by molar-refractivity contribution is -0.138. The third-order valence-corrected chi connectivity index (χ3v) is 4.93. The molecule has 1 aliphatic carbocycles. The lowest BCUT2D eigenvalue weighted by Gasteiger charge is -2.38. The molecule has 5 heteroatoms. The first kappa shape index (κ1) is 16.7. The summed E-state index contributed by atoms with van der Waals surface area (Å²) >= 11 is 0. The maximum Gasteiger partial charge on any atom is 0.317 e. The summed E-state index contributed by atoms with van der Waals surface area (Å²) in [6, 6.07) is 0.372. The van der Waals surface area contributed by atoms with Gasteiger partial charge in [0.25, 0.3) is 0 Å². The molecule has 2 atom stereocenters. The molecule has 1 saturated carbocycles. The number of nitrogens with one attached hydrogen (secondary N) is 1. The Hall–Kier alpha value is -0.650. The van der Waals surface area contributed by atoms with Crippen molar-refractivity contribution < 1.29 is 15.0 Å². The topological polar surface area (TPSA) is 72.8 Å². The summed E-state index contributed by atoms with van der Waals surface area (Å²) in [5.74, 6) is 0.447. The van der Waals surface area contributed by atoms with Crippen molar-refractivity contribution in [2.45, 2.75) is 51.0 Å². The molecular weight excluding hydrogens is 268 g/mol. The minimum atomic E-state index is -0.759. The second-order valence-corrected chi connectivity index (χ2v) is 6.81. The van der Waals surface area contributed by atoms with Crippen LogP contribution in [-0.4, -0.2) is 59.9 Å². The van der Waals surface area contributed by atoms with Crippen molar-refractivity contribution in [1.29, 1.82) is 0 Å². The minimum absolute atomic E-state index is 0.115. The van der Waals surface area contributed by atoms with Gasteiger partial charge in [0.2, 0.25) is 0 Å². The second-order valence-electron chi connectivity index (χ2n) is 6.81. The summed E-state index contributed by atoms with van der Waals surface area (Å²) < 4.78 is 0. The van der Waals surface area contributed by atoms with Gasteiger partial charge in [0.05, 0.1) is 6.54 Å².